The van der Waals surface area contributed by atoms with E-state index in [9.17, 15) is 18.0 Å². The number of halogens is 1. The van der Waals surface area contributed by atoms with Gasteiger partial charge < -0.3 is 15.0 Å². The molecule has 1 N–H and O–H groups in total. The highest BCUT2D eigenvalue weighted by molar-refractivity contribution is 9.10. The number of hydrogen-bond donors (Lipinski definition) is 1. The first kappa shape index (κ1) is 29.0. The summed E-state index contributed by atoms with van der Waals surface area (Å²) in [6.45, 7) is 2.13. The lowest BCUT2D eigenvalue weighted by atomic mass is 10.1. The summed E-state index contributed by atoms with van der Waals surface area (Å²) in [4.78, 5) is 28.1. The number of methoxy groups -OCH3 is 1. The molecule has 0 saturated heterocycles. The van der Waals surface area contributed by atoms with Crippen molar-refractivity contribution in [2.75, 3.05) is 24.2 Å². The van der Waals surface area contributed by atoms with Gasteiger partial charge >= 0.3 is 0 Å². The number of benzene rings is 2. The standard InChI is InChI=1S/C27H36BrN3O5S/c1-20(27(33)29-23-12-4-5-13-23)30(19-21-10-8-11-22(28)18-21)26(32)16-9-17-31(37(3,34)35)24-14-6-7-15-25(24)36-2/h6-8,10-11,14-15,18,20,23H,4-5,9,12-13,16-17,19H2,1-3H3,(H,29,33)/t20-/m1/s1. The van der Waals surface area contributed by atoms with Crippen LogP contribution in [0.1, 0.15) is 51.0 Å². The lowest BCUT2D eigenvalue weighted by molar-refractivity contribution is -0.141. The number of nitrogens with one attached hydrogen (secondary N) is 1. The minimum atomic E-state index is -3.61. The van der Waals surface area contributed by atoms with Crippen LogP contribution in [-0.2, 0) is 26.2 Å². The van der Waals surface area contributed by atoms with Crippen LogP contribution < -0.4 is 14.4 Å². The first-order chi connectivity index (χ1) is 17.6. The third-order valence-corrected chi connectivity index (χ3v) is 8.29. The zero-order chi connectivity index (χ0) is 27.0. The molecule has 1 fully saturated rings. The average Bonchev–Trinajstić information content (AvgIpc) is 3.37. The zero-order valence-electron chi connectivity index (χ0n) is 21.7. The molecule has 8 nitrogen and oxygen atoms in total. The van der Waals surface area contributed by atoms with Gasteiger partial charge in [0.25, 0.3) is 0 Å². The number of hydrogen-bond acceptors (Lipinski definition) is 5. The molecule has 2 aromatic rings. The Morgan fingerprint density at radius 1 is 1.14 bits per heavy atom. The van der Waals surface area contributed by atoms with Crippen LogP contribution in [0.3, 0.4) is 0 Å². The predicted molar refractivity (Wildman–Crippen MR) is 149 cm³/mol. The maximum absolute atomic E-state index is 13.4. The topological polar surface area (TPSA) is 96.0 Å². The third kappa shape index (κ3) is 8.20. The molecule has 2 aromatic carbocycles. The molecule has 3 rings (SSSR count). The molecule has 37 heavy (non-hydrogen) atoms. The second kappa shape index (κ2) is 13.3. The van der Waals surface area contributed by atoms with Gasteiger partial charge in [-0.15, -0.1) is 0 Å². The maximum atomic E-state index is 13.4. The van der Waals surface area contributed by atoms with Crippen molar-refractivity contribution in [1.82, 2.24) is 10.2 Å². The summed E-state index contributed by atoms with van der Waals surface area (Å²) in [7, 11) is -2.12. The second-order valence-electron chi connectivity index (χ2n) is 9.43. The minimum Gasteiger partial charge on any atom is -0.495 e. The molecule has 0 aliphatic heterocycles. The van der Waals surface area contributed by atoms with E-state index in [4.69, 9.17) is 4.74 Å². The quantitative estimate of drug-likeness (QED) is 0.391. The van der Waals surface area contributed by atoms with Crippen LogP contribution in [0.15, 0.2) is 53.0 Å². The summed E-state index contributed by atoms with van der Waals surface area (Å²) >= 11 is 3.47. The Kier molecular flexibility index (Phi) is 10.4. The van der Waals surface area contributed by atoms with Crippen molar-refractivity contribution in [2.45, 2.75) is 64.1 Å². The summed E-state index contributed by atoms with van der Waals surface area (Å²) < 4.78 is 32.6. The van der Waals surface area contributed by atoms with Crippen LogP contribution >= 0.6 is 15.9 Å². The van der Waals surface area contributed by atoms with E-state index in [1.165, 1.54) is 11.4 Å². The average molecular weight is 595 g/mol. The van der Waals surface area contributed by atoms with E-state index in [-0.39, 0.29) is 43.8 Å². The van der Waals surface area contributed by atoms with Crippen molar-refractivity contribution in [3.63, 3.8) is 0 Å². The van der Waals surface area contributed by atoms with Gasteiger partial charge in [0.2, 0.25) is 21.8 Å². The lowest BCUT2D eigenvalue weighted by Gasteiger charge is -2.30. The van der Waals surface area contributed by atoms with Gasteiger partial charge in [-0.2, -0.15) is 0 Å². The van der Waals surface area contributed by atoms with Gasteiger partial charge in [0.05, 0.1) is 19.1 Å². The third-order valence-electron chi connectivity index (χ3n) is 6.62. The molecule has 0 aromatic heterocycles. The smallest absolute Gasteiger partial charge is 0.242 e. The molecule has 1 aliphatic rings. The molecule has 10 heteroatoms. The molecule has 1 saturated carbocycles. The Labute approximate surface area is 228 Å². The van der Waals surface area contributed by atoms with Gasteiger partial charge in [-0.05, 0) is 56.0 Å². The second-order valence-corrected chi connectivity index (χ2v) is 12.3. The van der Waals surface area contributed by atoms with Crippen molar-refractivity contribution >= 4 is 43.5 Å². The number of nitrogens with zero attached hydrogens (tertiary/aromatic N) is 2. The SMILES string of the molecule is COc1ccccc1N(CCCC(=O)N(Cc1cccc(Br)c1)[C@H](C)C(=O)NC1CCCC1)S(C)(=O)=O. The van der Waals surface area contributed by atoms with Crippen molar-refractivity contribution in [2.24, 2.45) is 0 Å². The van der Waals surface area contributed by atoms with Gasteiger partial charge in [0.1, 0.15) is 11.8 Å². The van der Waals surface area contributed by atoms with Gasteiger partial charge in [-0.1, -0.05) is 53.0 Å². The molecule has 1 aliphatic carbocycles. The summed E-state index contributed by atoms with van der Waals surface area (Å²) in [6, 6.07) is 14.0. The fraction of sp³-hybridized carbons (Fsp3) is 0.481. The summed E-state index contributed by atoms with van der Waals surface area (Å²) in [5.74, 6) is 0.0669. The molecule has 0 spiro atoms. The van der Waals surface area contributed by atoms with Crippen molar-refractivity contribution < 1.29 is 22.7 Å². The molecule has 0 heterocycles. The van der Waals surface area contributed by atoms with E-state index in [1.54, 1.807) is 36.1 Å². The van der Waals surface area contributed by atoms with Crippen LogP contribution in [-0.4, -0.2) is 57.1 Å². The fourth-order valence-corrected chi connectivity index (χ4v) is 6.04. The summed E-state index contributed by atoms with van der Waals surface area (Å²) in [6.07, 6.45) is 5.64. The van der Waals surface area contributed by atoms with Crippen LogP contribution in [0.5, 0.6) is 5.75 Å². The number of anilines is 1. The van der Waals surface area contributed by atoms with Crippen LogP contribution in [0.2, 0.25) is 0 Å². The number of amides is 2. The lowest BCUT2D eigenvalue weighted by Crippen LogP contribution is -2.49. The normalized spacial score (nSPS) is 14.7. The molecular weight excluding hydrogens is 558 g/mol. The largest absolute Gasteiger partial charge is 0.495 e. The highest BCUT2D eigenvalue weighted by Crippen LogP contribution is 2.30. The Morgan fingerprint density at radius 2 is 1.84 bits per heavy atom. The van der Waals surface area contributed by atoms with Crippen LogP contribution in [0, 0.1) is 0 Å². The fourth-order valence-electron chi connectivity index (χ4n) is 4.62. The number of para-hydroxylation sites is 2. The first-order valence-corrected chi connectivity index (χ1v) is 15.2. The van der Waals surface area contributed by atoms with E-state index in [0.717, 1.165) is 42.0 Å². The van der Waals surface area contributed by atoms with Gasteiger partial charge in [-0.25, -0.2) is 8.42 Å². The zero-order valence-corrected chi connectivity index (χ0v) is 24.1. The predicted octanol–water partition coefficient (Wildman–Crippen LogP) is 4.48. The van der Waals surface area contributed by atoms with E-state index in [2.05, 4.69) is 21.2 Å². The highest BCUT2D eigenvalue weighted by Gasteiger charge is 2.29. The van der Waals surface area contributed by atoms with Crippen LogP contribution in [0.25, 0.3) is 0 Å². The van der Waals surface area contributed by atoms with Crippen LogP contribution in [0.4, 0.5) is 5.69 Å². The molecular formula is C27H36BrN3O5S. The van der Waals surface area contributed by atoms with Crippen molar-refractivity contribution in [3.8, 4) is 5.75 Å². The van der Waals surface area contributed by atoms with Gasteiger partial charge in [0.15, 0.2) is 0 Å². The van der Waals surface area contributed by atoms with E-state index in [1.807, 2.05) is 24.3 Å². The number of carbonyl (C=O) groups is 2. The van der Waals surface area contributed by atoms with E-state index < -0.39 is 16.1 Å². The van der Waals surface area contributed by atoms with Crippen molar-refractivity contribution in [1.29, 1.82) is 0 Å². The summed E-state index contributed by atoms with van der Waals surface area (Å²) in [5.41, 5.74) is 1.32. The highest BCUT2D eigenvalue weighted by atomic mass is 79.9. The monoisotopic (exact) mass is 593 g/mol. The molecule has 0 unspecified atom stereocenters. The van der Waals surface area contributed by atoms with E-state index >= 15 is 0 Å². The number of sulfonamides is 1. The maximum Gasteiger partial charge on any atom is 0.242 e. The van der Waals surface area contributed by atoms with Crippen molar-refractivity contribution in [3.05, 3.63) is 58.6 Å². The molecule has 2 amide bonds. The Morgan fingerprint density at radius 3 is 2.49 bits per heavy atom. The molecule has 0 bridgehead atoms. The van der Waals surface area contributed by atoms with E-state index in [0.29, 0.717) is 11.4 Å². The molecule has 0 radical (unpaired) electrons. The van der Waals surface area contributed by atoms with Gasteiger partial charge in [-0.3, -0.25) is 13.9 Å². The Bertz CT molecular complexity index is 1180. The minimum absolute atomic E-state index is 0.0935. The Balaban J connectivity index is 1.74. The van der Waals surface area contributed by atoms with Gasteiger partial charge in [0, 0.05) is 30.0 Å². The number of carbonyl (C=O) groups excluding carboxylic acids is 2. The molecule has 202 valence electrons. The number of ether oxygens (including phenoxy) is 1. The molecule has 1 atom stereocenters. The number of rotatable bonds is 12. The summed E-state index contributed by atoms with van der Waals surface area (Å²) in [5, 5.41) is 3.10. The Hall–Kier alpha value is -2.59. The first-order valence-electron chi connectivity index (χ1n) is 12.5.